The Bertz CT molecular complexity index is 398. The van der Waals surface area contributed by atoms with Crippen LogP contribution in [0.25, 0.3) is 0 Å². The number of hydrogen-bond donors (Lipinski definition) is 2. The molecule has 0 fully saturated rings. The molecule has 0 heterocycles. The number of aliphatic hydroxyl groups excluding tert-OH is 1. The first-order valence-corrected chi connectivity index (χ1v) is 5.42. The third-order valence-corrected chi connectivity index (χ3v) is 2.21. The Balaban J connectivity index is 0.00000324. The average molecular weight is 259 g/mol. The molecule has 0 aromatic heterocycles. The number of aliphatic carboxylic acids is 1. The fourth-order valence-corrected chi connectivity index (χ4v) is 1.29. The Morgan fingerprint density at radius 3 is 2.47 bits per heavy atom. The molecule has 7 heteroatoms. The largest absolute Gasteiger partial charge is 1.00 e. The third-order valence-electron chi connectivity index (χ3n) is 2.21. The smallest absolute Gasteiger partial charge is 0.548 e. The SMILES string of the molecule is O=C(N[C@H](CCO)C(=O)[O-])OCc1ccccc1.[Li+]. The molecule has 1 atom stereocenters. The number of aliphatic hydroxyl groups is 1. The fourth-order valence-electron chi connectivity index (χ4n) is 1.29. The number of hydrogen-bond acceptors (Lipinski definition) is 5. The summed E-state index contributed by atoms with van der Waals surface area (Å²) in [6.45, 7) is -0.316. The van der Waals surface area contributed by atoms with Crippen LogP contribution in [-0.4, -0.2) is 29.8 Å². The van der Waals surface area contributed by atoms with Gasteiger partial charge in [0.1, 0.15) is 6.61 Å². The number of rotatable bonds is 6. The van der Waals surface area contributed by atoms with Gasteiger partial charge in [0, 0.05) is 6.61 Å². The molecule has 1 rings (SSSR count). The minimum Gasteiger partial charge on any atom is -0.548 e. The van der Waals surface area contributed by atoms with Crippen LogP contribution in [0, 0.1) is 0 Å². The van der Waals surface area contributed by atoms with E-state index in [9.17, 15) is 14.7 Å². The van der Waals surface area contributed by atoms with Gasteiger partial charge in [0.05, 0.1) is 12.0 Å². The number of nitrogens with one attached hydrogen (secondary N) is 1. The predicted molar refractivity (Wildman–Crippen MR) is 60.3 cm³/mol. The standard InChI is InChI=1S/C12H15NO5.Li/c14-7-6-10(11(15)16)13-12(17)18-8-9-4-2-1-3-5-9;/h1-5,10,14H,6-8H2,(H,13,17)(H,15,16);/q;+1/p-1/t10-;/m1./s1. The second kappa shape index (κ2) is 9.45. The van der Waals surface area contributed by atoms with E-state index in [4.69, 9.17) is 9.84 Å². The molecule has 0 saturated heterocycles. The van der Waals surface area contributed by atoms with Crippen molar-refractivity contribution in [3.63, 3.8) is 0 Å². The van der Waals surface area contributed by atoms with Gasteiger partial charge in [0.15, 0.2) is 0 Å². The number of amides is 1. The Hall–Kier alpha value is -1.48. The van der Waals surface area contributed by atoms with Crippen molar-refractivity contribution in [3.8, 4) is 0 Å². The van der Waals surface area contributed by atoms with Crippen molar-refractivity contribution >= 4 is 12.1 Å². The molecule has 2 N–H and O–H groups in total. The van der Waals surface area contributed by atoms with Crippen molar-refractivity contribution in [2.45, 2.75) is 19.1 Å². The molecular weight excluding hydrogens is 245 g/mol. The maximum Gasteiger partial charge on any atom is 1.00 e. The predicted octanol–water partition coefficient (Wildman–Crippen LogP) is -3.58. The van der Waals surface area contributed by atoms with Gasteiger partial charge >= 0.3 is 25.0 Å². The van der Waals surface area contributed by atoms with Gasteiger partial charge in [-0.1, -0.05) is 30.3 Å². The molecule has 6 nitrogen and oxygen atoms in total. The van der Waals surface area contributed by atoms with Crippen LogP contribution in [-0.2, 0) is 16.1 Å². The van der Waals surface area contributed by atoms with Gasteiger partial charge in [-0.05, 0) is 12.0 Å². The fraction of sp³-hybridized carbons (Fsp3) is 0.333. The van der Waals surface area contributed by atoms with E-state index in [-0.39, 0.29) is 38.5 Å². The number of carbonyl (C=O) groups excluding carboxylic acids is 2. The van der Waals surface area contributed by atoms with Crippen molar-refractivity contribution in [2.24, 2.45) is 0 Å². The van der Waals surface area contributed by atoms with Crippen LogP contribution in [0.4, 0.5) is 4.79 Å². The van der Waals surface area contributed by atoms with Gasteiger partial charge in [-0.2, -0.15) is 0 Å². The number of ether oxygens (including phenoxy) is 1. The summed E-state index contributed by atoms with van der Waals surface area (Å²) in [6, 6.07) is 7.72. The molecule has 1 amide bonds. The zero-order valence-corrected chi connectivity index (χ0v) is 10.7. The quantitative estimate of drug-likeness (QED) is 0.515. The molecule has 0 aliphatic rings. The van der Waals surface area contributed by atoms with E-state index in [0.717, 1.165) is 5.56 Å². The summed E-state index contributed by atoms with van der Waals surface area (Å²) < 4.78 is 4.83. The van der Waals surface area contributed by atoms with Crippen LogP contribution in [0.15, 0.2) is 30.3 Å². The maximum atomic E-state index is 11.3. The van der Waals surface area contributed by atoms with Crippen molar-refractivity contribution in [1.82, 2.24) is 5.32 Å². The van der Waals surface area contributed by atoms with E-state index in [0.29, 0.717) is 0 Å². The van der Waals surface area contributed by atoms with Crippen LogP contribution in [0.2, 0.25) is 0 Å². The van der Waals surface area contributed by atoms with Crippen LogP contribution in [0.3, 0.4) is 0 Å². The van der Waals surface area contributed by atoms with E-state index < -0.39 is 18.1 Å². The molecule has 0 spiro atoms. The molecule has 0 aliphatic heterocycles. The summed E-state index contributed by atoms with van der Waals surface area (Å²) in [5.74, 6) is -1.46. The summed E-state index contributed by atoms with van der Waals surface area (Å²) in [6.07, 6.45) is -0.982. The third kappa shape index (κ3) is 6.87. The van der Waals surface area contributed by atoms with E-state index in [1.165, 1.54) is 0 Å². The number of carbonyl (C=O) groups is 2. The van der Waals surface area contributed by atoms with Crippen LogP contribution >= 0.6 is 0 Å². The molecule has 0 aliphatic carbocycles. The van der Waals surface area contributed by atoms with Gasteiger partial charge in [-0.3, -0.25) is 0 Å². The molecule has 98 valence electrons. The van der Waals surface area contributed by atoms with Crippen LogP contribution in [0.1, 0.15) is 12.0 Å². The molecule has 0 radical (unpaired) electrons. The first-order chi connectivity index (χ1) is 8.63. The first kappa shape index (κ1) is 17.5. The Kier molecular flexibility index (Phi) is 8.71. The summed E-state index contributed by atoms with van der Waals surface area (Å²) in [5.41, 5.74) is 0.791. The van der Waals surface area contributed by atoms with Crippen molar-refractivity contribution in [3.05, 3.63) is 35.9 Å². The molecular formula is C12H14LiNO5. The Morgan fingerprint density at radius 1 is 1.32 bits per heavy atom. The van der Waals surface area contributed by atoms with Crippen molar-refractivity contribution in [1.29, 1.82) is 0 Å². The average Bonchev–Trinajstić information content (AvgIpc) is 2.37. The minimum atomic E-state index is -1.46. The molecule has 1 aromatic rings. The molecule has 1 aromatic carbocycles. The molecule has 0 unspecified atom stereocenters. The van der Waals surface area contributed by atoms with Gasteiger partial charge in [0.25, 0.3) is 0 Å². The molecule has 0 bridgehead atoms. The van der Waals surface area contributed by atoms with Gasteiger partial charge in [0.2, 0.25) is 0 Å². The summed E-state index contributed by atoms with van der Waals surface area (Å²) in [7, 11) is 0. The first-order valence-electron chi connectivity index (χ1n) is 5.42. The summed E-state index contributed by atoms with van der Waals surface area (Å²) >= 11 is 0. The normalized spacial score (nSPS) is 11.0. The minimum absolute atomic E-state index is 0. The van der Waals surface area contributed by atoms with Crippen molar-refractivity contribution in [2.75, 3.05) is 6.61 Å². The zero-order chi connectivity index (χ0) is 13.4. The summed E-state index contributed by atoms with van der Waals surface area (Å²) in [5, 5.41) is 21.3. The number of carboxylic acids is 1. The van der Waals surface area contributed by atoms with Crippen LogP contribution in [0.5, 0.6) is 0 Å². The van der Waals surface area contributed by atoms with Crippen molar-refractivity contribution < 1.29 is 43.4 Å². The van der Waals surface area contributed by atoms with Gasteiger partial charge in [-0.15, -0.1) is 0 Å². The van der Waals surface area contributed by atoms with Crippen LogP contribution < -0.4 is 29.3 Å². The monoisotopic (exact) mass is 259 g/mol. The Labute approximate surface area is 122 Å². The van der Waals surface area contributed by atoms with E-state index in [1.807, 2.05) is 6.07 Å². The molecule has 19 heavy (non-hydrogen) atoms. The van der Waals surface area contributed by atoms with E-state index in [2.05, 4.69) is 5.32 Å². The van der Waals surface area contributed by atoms with Gasteiger partial charge < -0.3 is 25.1 Å². The van der Waals surface area contributed by atoms with E-state index >= 15 is 0 Å². The summed E-state index contributed by atoms with van der Waals surface area (Å²) in [4.78, 5) is 21.9. The van der Waals surface area contributed by atoms with Gasteiger partial charge in [-0.25, -0.2) is 4.79 Å². The molecule has 0 saturated carbocycles. The number of alkyl carbamates (subject to hydrolysis) is 1. The second-order valence-electron chi connectivity index (χ2n) is 3.59. The number of carboxylic acid groups (broad SMARTS) is 1. The maximum absolute atomic E-state index is 11.3. The second-order valence-corrected chi connectivity index (χ2v) is 3.59. The number of benzene rings is 1. The topological polar surface area (TPSA) is 98.7 Å². The Morgan fingerprint density at radius 2 is 1.95 bits per heavy atom. The van der Waals surface area contributed by atoms with E-state index in [1.54, 1.807) is 24.3 Å². The zero-order valence-electron chi connectivity index (χ0n) is 10.7.